The molecule has 2 aromatic rings. The number of ether oxygens (including phenoxy) is 1. The first-order valence-corrected chi connectivity index (χ1v) is 8.17. The predicted molar refractivity (Wildman–Crippen MR) is 82.4 cm³/mol. The summed E-state index contributed by atoms with van der Waals surface area (Å²) in [7, 11) is -3.73. The number of anilines is 2. The molecule has 0 saturated heterocycles. The molecule has 1 heterocycles. The topological polar surface area (TPSA) is 84.5 Å². The minimum Gasteiger partial charge on any atom is -0.491 e. The lowest BCUT2D eigenvalue weighted by molar-refractivity contribution is -0.116. The Kier molecular flexibility index (Phi) is 3.72. The summed E-state index contributed by atoms with van der Waals surface area (Å²) < 4.78 is 32.7. The van der Waals surface area contributed by atoms with Crippen molar-refractivity contribution >= 4 is 27.3 Å². The number of hydrogen-bond acceptors (Lipinski definition) is 4. The van der Waals surface area contributed by atoms with E-state index >= 15 is 0 Å². The predicted octanol–water partition coefficient (Wildman–Crippen LogP) is 2.21. The van der Waals surface area contributed by atoms with E-state index in [4.69, 9.17) is 4.74 Å². The van der Waals surface area contributed by atoms with Gasteiger partial charge in [-0.15, -0.1) is 0 Å². The maximum Gasteiger partial charge on any atom is 0.261 e. The minimum atomic E-state index is -3.73. The van der Waals surface area contributed by atoms with Crippen LogP contribution in [0.1, 0.15) is 6.42 Å². The number of amides is 1. The highest BCUT2D eigenvalue weighted by molar-refractivity contribution is 7.92. The summed E-state index contributed by atoms with van der Waals surface area (Å²) >= 11 is 0. The maximum absolute atomic E-state index is 12.4. The second-order valence-corrected chi connectivity index (χ2v) is 6.46. The Morgan fingerprint density at radius 3 is 2.64 bits per heavy atom. The molecule has 1 aliphatic heterocycles. The summed E-state index contributed by atoms with van der Waals surface area (Å²) in [6.07, 6.45) is 0.235. The summed E-state index contributed by atoms with van der Waals surface area (Å²) in [6.45, 7) is 0.271. The van der Waals surface area contributed by atoms with Crippen LogP contribution in [-0.4, -0.2) is 20.9 Å². The third-order valence-electron chi connectivity index (χ3n) is 3.15. The highest BCUT2D eigenvalue weighted by Gasteiger charge is 2.19. The van der Waals surface area contributed by atoms with Crippen molar-refractivity contribution in [2.24, 2.45) is 0 Å². The second-order valence-electron chi connectivity index (χ2n) is 4.78. The fourth-order valence-corrected chi connectivity index (χ4v) is 3.17. The highest BCUT2D eigenvalue weighted by atomic mass is 32.2. The van der Waals surface area contributed by atoms with Gasteiger partial charge in [0.25, 0.3) is 10.0 Å². The number of sulfonamides is 1. The SMILES string of the molecule is O=C1CCOc2ccc(S(=O)(=O)Nc3ccccc3)cc2N1. The third-order valence-corrected chi connectivity index (χ3v) is 4.53. The molecule has 0 aromatic heterocycles. The maximum atomic E-state index is 12.4. The molecule has 0 saturated carbocycles. The second kappa shape index (κ2) is 5.69. The van der Waals surface area contributed by atoms with Gasteiger partial charge >= 0.3 is 0 Å². The van der Waals surface area contributed by atoms with Crippen LogP contribution < -0.4 is 14.8 Å². The molecule has 0 aliphatic carbocycles. The molecular weight excluding hydrogens is 304 g/mol. The van der Waals surface area contributed by atoms with E-state index in [1.54, 1.807) is 36.4 Å². The van der Waals surface area contributed by atoms with Gasteiger partial charge < -0.3 is 10.1 Å². The number of carbonyl (C=O) groups excluding carboxylic acids is 1. The van der Waals surface area contributed by atoms with E-state index in [0.29, 0.717) is 17.1 Å². The van der Waals surface area contributed by atoms with Crippen LogP contribution in [0.5, 0.6) is 5.75 Å². The third kappa shape index (κ3) is 3.04. The quantitative estimate of drug-likeness (QED) is 0.908. The molecule has 3 rings (SSSR count). The Hall–Kier alpha value is -2.54. The van der Waals surface area contributed by atoms with Gasteiger partial charge in [0.1, 0.15) is 5.75 Å². The number of hydrogen-bond donors (Lipinski definition) is 2. The number of carbonyl (C=O) groups is 1. The number of rotatable bonds is 3. The van der Waals surface area contributed by atoms with Crippen molar-refractivity contribution in [2.75, 3.05) is 16.6 Å². The summed E-state index contributed by atoms with van der Waals surface area (Å²) in [5.41, 5.74) is 0.830. The van der Waals surface area contributed by atoms with E-state index in [-0.39, 0.29) is 23.8 Å². The van der Waals surface area contributed by atoms with Crippen LogP contribution in [0.4, 0.5) is 11.4 Å². The largest absolute Gasteiger partial charge is 0.491 e. The van der Waals surface area contributed by atoms with Crippen molar-refractivity contribution in [3.05, 3.63) is 48.5 Å². The van der Waals surface area contributed by atoms with Gasteiger partial charge in [0.15, 0.2) is 0 Å². The summed E-state index contributed by atoms with van der Waals surface area (Å²) in [5, 5.41) is 2.64. The zero-order valence-electron chi connectivity index (χ0n) is 11.6. The van der Waals surface area contributed by atoms with Gasteiger partial charge in [-0.3, -0.25) is 9.52 Å². The molecule has 1 amide bonds. The molecule has 0 unspecified atom stereocenters. The Morgan fingerprint density at radius 2 is 1.86 bits per heavy atom. The van der Waals surface area contributed by atoms with Gasteiger partial charge in [-0.2, -0.15) is 0 Å². The molecule has 7 heteroatoms. The van der Waals surface area contributed by atoms with Gasteiger partial charge in [-0.1, -0.05) is 18.2 Å². The van der Waals surface area contributed by atoms with E-state index in [9.17, 15) is 13.2 Å². The fourth-order valence-electron chi connectivity index (χ4n) is 2.09. The zero-order chi connectivity index (χ0) is 15.6. The van der Waals surface area contributed by atoms with Gasteiger partial charge in [0.05, 0.1) is 23.6 Å². The Labute approximate surface area is 128 Å². The van der Waals surface area contributed by atoms with Crippen molar-refractivity contribution in [3.63, 3.8) is 0 Å². The van der Waals surface area contributed by atoms with Crippen LogP contribution in [0.2, 0.25) is 0 Å². The molecule has 6 nitrogen and oxygen atoms in total. The Morgan fingerprint density at radius 1 is 1.09 bits per heavy atom. The van der Waals surface area contributed by atoms with Crippen LogP contribution in [0.15, 0.2) is 53.4 Å². The zero-order valence-corrected chi connectivity index (χ0v) is 12.4. The minimum absolute atomic E-state index is 0.0564. The summed E-state index contributed by atoms with van der Waals surface area (Å²) in [4.78, 5) is 11.6. The van der Waals surface area contributed by atoms with E-state index in [0.717, 1.165) is 0 Å². The van der Waals surface area contributed by atoms with Gasteiger partial charge in [0, 0.05) is 5.69 Å². The van der Waals surface area contributed by atoms with Crippen LogP contribution in [-0.2, 0) is 14.8 Å². The Bertz CT molecular complexity index is 804. The highest BCUT2D eigenvalue weighted by Crippen LogP contribution is 2.30. The van der Waals surface area contributed by atoms with Gasteiger partial charge in [-0.05, 0) is 30.3 Å². The molecule has 1 aliphatic rings. The van der Waals surface area contributed by atoms with E-state index < -0.39 is 10.0 Å². The molecule has 22 heavy (non-hydrogen) atoms. The van der Waals surface area contributed by atoms with Crippen LogP contribution in [0.3, 0.4) is 0 Å². The number of para-hydroxylation sites is 1. The normalized spacial score (nSPS) is 14.3. The molecular formula is C15H14N2O4S. The Balaban J connectivity index is 1.93. The number of nitrogens with one attached hydrogen (secondary N) is 2. The lowest BCUT2D eigenvalue weighted by Gasteiger charge is -2.11. The van der Waals surface area contributed by atoms with Gasteiger partial charge in [-0.25, -0.2) is 8.42 Å². The lowest BCUT2D eigenvalue weighted by atomic mass is 10.3. The molecule has 0 atom stereocenters. The van der Waals surface area contributed by atoms with E-state index in [1.165, 1.54) is 12.1 Å². The van der Waals surface area contributed by atoms with Gasteiger partial charge in [0.2, 0.25) is 5.91 Å². The fraction of sp³-hybridized carbons (Fsp3) is 0.133. The summed E-state index contributed by atoms with van der Waals surface area (Å²) in [6, 6.07) is 13.0. The number of fused-ring (bicyclic) bond motifs is 1. The molecule has 2 aromatic carbocycles. The average molecular weight is 318 g/mol. The smallest absolute Gasteiger partial charge is 0.261 e. The standard InChI is InChI=1S/C15H14N2O4S/c18-15-8-9-21-14-7-6-12(10-13(14)16-15)22(19,20)17-11-4-2-1-3-5-11/h1-7,10,17H,8-9H2,(H,16,18). The first kappa shape index (κ1) is 14.4. The van der Waals surface area contributed by atoms with Crippen molar-refractivity contribution in [3.8, 4) is 5.75 Å². The monoisotopic (exact) mass is 318 g/mol. The molecule has 0 radical (unpaired) electrons. The molecule has 0 fully saturated rings. The van der Waals surface area contributed by atoms with E-state index in [2.05, 4.69) is 10.0 Å². The number of benzene rings is 2. The summed E-state index contributed by atoms with van der Waals surface area (Å²) in [5.74, 6) is 0.258. The molecule has 0 bridgehead atoms. The van der Waals surface area contributed by atoms with E-state index in [1.807, 2.05) is 0 Å². The van der Waals surface area contributed by atoms with Crippen molar-refractivity contribution in [1.29, 1.82) is 0 Å². The first-order valence-electron chi connectivity index (χ1n) is 6.69. The van der Waals surface area contributed by atoms with Crippen LogP contribution in [0, 0.1) is 0 Å². The van der Waals surface area contributed by atoms with Crippen LogP contribution in [0.25, 0.3) is 0 Å². The molecule has 2 N–H and O–H groups in total. The molecule has 114 valence electrons. The van der Waals surface area contributed by atoms with Crippen molar-refractivity contribution in [2.45, 2.75) is 11.3 Å². The molecule has 0 spiro atoms. The lowest BCUT2D eigenvalue weighted by Crippen LogP contribution is -2.14. The average Bonchev–Trinajstić information content (AvgIpc) is 2.67. The van der Waals surface area contributed by atoms with Crippen molar-refractivity contribution in [1.82, 2.24) is 0 Å². The first-order chi connectivity index (χ1) is 10.5. The van der Waals surface area contributed by atoms with Crippen molar-refractivity contribution < 1.29 is 17.9 Å². The van der Waals surface area contributed by atoms with Crippen LogP contribution >= 0.6 is 0 Å².